The van der Waals surface area contributed by atoms with Crippen LogP contribution in [0.5, 0.6) is 0 Å². The predicted octanol–water partition coefficient (Wildman–Crippen LogP) is 2.30. The molecule has 3 rings (SSSR count). The second-order valence-electron chi connectivity index (χ2n) is 4.98. The zero-order chi connectivity index (χ0) is 15.0. The maximum Gasteiger partial charge on any atom is 0.299 e. The molecule has 0 saturated carbocycles. The Hall–Kier alpha value is -2.56. The predicted molar refractivity (Wildman–Crippen MR) is 75.8 cm³/mol. The molecular weight excluding hydrogens is 271 g/mol. The molecule has 0 fully saturated rings. The number of carbonyl (C=O) groups excluding carboxylic acids is 2. The summed E-state index contributed by atoms with van der Waals surface area (Å²) in [5.74, 6) is -1.75. The van der Waals surface area contributed by atoms with Crippen LogP contribution in [0.25, 0.3) is 0 Å². The highest BCUT2D eigenvalue weighted by Crippen LogP contribution is 2.33. The van der Waals surface area contributed by atoms with Gasteiger partial charge in [-0.15, -0.1) is 0 Å². The number of benzene rings is 1. The molecule has 0 atom stereocenters. The maximum absolute atomic E-state index is 13.4. The van der Waals surface area contributed by atoms with Gasteiger partial charge in [-0.3, -0.25) is 14.6 Å². The van der Waals surface area contributed by atoms with Crippen LogP contribution in [-0.4, -0.2) is 23.2 Å². The minimum atomic E-state index is -0.645. The van der Waals surface area contributed by atoms with Crippen LogP contribution < -0.4 is 4.90 Å². The van der Waals surface area contributed by atoms with Crippen molar-refractivity contribution in [2.75, 3.05) is 11.4 Å². The van der Waals surface area contributed by atoms with E-state index in [1.54, 1.807) is 13.1 Å². The second kappa shape index (κ2) is 5.09. The second-order valence-corrected chi connectivity index (χ2v) is 4.98. The van der Waals surface area contributed by atoms with Crippen molar-refractivity contribution < 1.29 is 14.0 Å². The molecule has 21 heavy (non-hydrogen) atoms. The van der Waals surface area contributed by atoms with Crippen LogP contribution in [0.1, 0.15) is 21.6 Å². The first-order chi connectivity index (χ1) is 10.1. The van der Waals surface area contributed by atoms with Gasteiger partial charge in [0, 0.05) is 24.9 Å². The smallest absolute Gasteiger partial charge is 0.299 e. The summed E-state index contributed by atoms with van der Waals surface area (Å²) < 4.78 is 13.4. The highest BCUT2D eigenvalue weighted by atomic mass is 19.1. The van der Waals surface area contributed by atoms with Crippen LogP contribution >= 0.6 is 0 Å². The van der Waals surface area contributed by atoms with E-state index in [9.17, 15) is 14.0 Å². The Kier molecular flexibility index (Phi) is 3.25. The van der Waals surface area contributed by atoms with Gasteiger partial charge in [-0.05, 0) is 36.8 Å². The molecule has 1 aromatic heterocycles. The lowest BCUT2D eigenvalue weighted by Gasteiger charge is -2.18. The maximum atomic E-state index is 13.4. The molecule has 1 aliphatic rings. The number of pyridine rings is 1. The third-order valence-electron chi connectivity index (χ3n) is 3.54. The lowest BCUT2D eigenvalue weighted by molar-refractivity contribution is -0.114. The number of anilines is 1. The van der Waals surface area contributed by atoms with Crippen molar-refractivity contribution >= 4 is 17.4 Å². The van der Waals surface area contributed by atoms with E-state index in [1.165, 1.54) is 11.0 Å². The van der Waals surface area contributed by atoms with E-state index >= 15 is 0 Å². The molecule has 0 radical (unpaired) electrons. The Labute approximate surface area is 121 Å². The van der Waals surface area contributed by atoms with E-state index < -0.39 is 17.5 Å². The normalized spacial score (nSPS) is 13.7. The molecule has 1 aromatic carbocycles. The molecule has 0 N–H and O–H groups in total. The van der Waals surface area contributed by atoms with Crippen molar-refractivity contribution in [1.82, 2.24) is 4.98 Å². The molecule has 2 heterocycles. The van der Waals surface area contributed by atoms with Gasteiger partial charge in [-0.1, -0.05) is 6.07 Å². The van der Waals surface area contributed by atoms with Crippen molar-refractivity contribution in [3.63, 3.8) is 0 Å². The molecule has 0 saturated heterocycles. The van der Waals surface area contributed by atoms with Crippen molar-refractivity contribution in [3.05, 3.63) is 59.2 Å². The van der Waals surface area contributed by atoms with Gasteiger partial charge in [0.2, 0.25) is 0 Å². The number of nitrogens with zero attached hydrogens (tertiary/aromatic N) is 2. The first-order valence-corrected chi connectivity index (χ1v) is 6.64. The Morgan fingerprint density at radius 3 is 2.76 bits per heavy atom. The Bertz CT molecular complexity index is 729. The molecule has 5 heteroatoms. The molecule has 1 amide bonds. The summed E-state index contributed by atoms with van der Waals surface area (Å²) in [4.78, 5) is 29.6. The van der Waals surface area contributed by atoms with E-state index in [0.29, 0.717) is 24.2 Å². The number of fused-ring (bicyclic) bond motifs is 1. The molecule has 4 nitrogen and oxygen atoms in total. The lowest BCUT2D eigenvalue weighted by Crippen LogP contribution is -2.32. The Morgan fingerprint density at radius 1 is 1.24 bits per heavy atom. The Balaban J connectivity index is 1.91. The van der Waals surface area contributed by atoms with Crippen LogP contribution in [0.2, 0.25) is 0 Å². The number of carbonyl (C=O) groups is 2. The van der Waals surface area contributed by atoms with Gasteiger partial charge in [-0.25, -0.2) is 4.39 Å². The number of aryl methyl sites for hydroxylation is 1. The van der Waals surface area contributed by atoms with E-state index in [4.69, 9.17) is 0 Å². The zero-order valence-corrected chi connectivity index (χ0v) is 11.5. The highest BCUT2D eigenvalue weighted by Gasteiger charge is 2.37. The molecule has 0 spiro atoms. The molecule has 1 aliphatic heterocycles. The lowest BCUT2D eigenvalue weighted by atomic mass is 10.1. The standard InChI is InChI=1S/C16H13FN2O2/c1-10-8-11(17)9-13-14(10)19(16(21)15(13)20)7-5-12-4-2-3-6-18-12/h2-4,6,8-9H,5,7H2,1H3. The van der Waals surface area contributed by atoms with E-state index in [-0.39, 0.29) is 5.56 Å². The third-order valence-corrected chi connectivity index (χ3v) is 3.54. The monoisotopic (exact) mass is 284 g/mol. The van der Waals surface area contributed by atoms with E-state index in [1.807, 2.05) is 18.2 Å². The number of hydrogen-bond acceptors (Lipinski definition) is 3. The molecule has 0 bridgehead atoms. The van der Waals surface area contributed by atoms with Gasteiger partial charge in [0.1, 0.15) is 5.82 Å². The van der Waals surface area contributed by atoms with Crippen molar-refractivity contribution in [2.24, 2.45) is 0 Å². The van der Waals surface area contributed by atoms with E-state index in [2.05, 4.69) is 4.98 Å². The van der Waals surface area contributed by atoms with Crippen LogP contribution in [0.3, 0.4) is 0 Å². The van der Waals surface area contributed by atoms with Gasteiger partial charge >= 0.3 is 0 Å². The molecule has 2 aromatic rings. The summed E-state index contributed by atoms with van der Waals surface area (Å²) in [6.45, 7) is 2.04. The number of rotatable bonds is 3. The SMILES string of the molecule is Cc1cc(F)cc2c1N(CCc1ccccn1)C(=O)C2=O. The van der Waals surface area contributed by atoms with E-state index in [0.717, 1.165) is 11.8 Å². The summed E-state index contributed by atoms with van der Waals surface area (Å²) in [6, 6.07) is 8.01. The largest absolute Gasteiger partial charge is 0.304 e. The summed E-state index contributed by atoms with van der Waals surface area (Å²) in [6.07, 6.45) is 2.22. The average Bonchev–Trinajstić information content (AvgIpc) is 2.71. The van der Waals surface area contributed by atoms with Gasteiger partial charge in [0.15, 0.2) is 0 Å². The first kappa shape index (κ1) is 13.4. The number of halogens is 1. The highest BCUT2D eigenvalue weighted by molar-refractivity contribution is 6.52. The quantitative estimate of drug-likeness (QED) is 0.813. The van der Waals surface area contributed by atoms with Gasteiger partial charge in [0.05, 0.1) is 11.3 Å². The summed E-state index contributed by atoms with van der Waals surface area (Å²) >= 11 is 0. The fourth-order valence-electron chi connectivity index (χ4n) is 2.59. The minimum absolute atomic E-state index is 0.151. The first-order valence-electron chi connectivity index (χ1n) is 6.64. The third kappa shape index (κ3) is 2.31. The minimum Gasteiger partial charge on any atom is -0.304 e. The summed E-state index contributed by atoms with van der Waals surface area (Å²) in [7, 11) is 0. The van der Waals surface area contributed by atoms with Crippen molar-refractivity contribution in [3.8, 4) is 0 Å². The number of aromatic nitrogens is 1. The van der Waals surface area contributed by atoms with Crippen LogP contribution in [0.4, 0.5) is 10.1 Å². The van der Waals surface area contributed by atoms with Crippen LogP contribution in [0.15, 0.2) is 36.5 Å². The molecule has 106 valence electrons. The fraction of sp³-hybridized carbons (Fsp3) is 0.188. The van der Waals surface area contributed by atoms with Crippen LogP contribution in [0, 0.1) is 12.7 Å². The van der Waals surface area contributed by atoms with Crippen molar-refractivity contribution in [1.29, 1.82) is 0 Å². The summed E-state index contributed by atoms with van der Waals surface area (Å²) in [5.41, 5.74) is 2.09. The van der Waals surface area contributed by atoms with Gasteiger partial charge < -0.3 is 4.90 Å². The number of amides is 1. The topological polar surface area (TPSA) is 50.3 Å². The average molecular weight is 284 g/mol. The fourth-order valence-corrected chi connectivity index (χ4v) is 2.59. The van der Waals surface area contributed by atoms with Crippen LogP contribution in [-0.2, 0) is 11.2 Å². The van der Waals surface area contributed by atoms with Gasteiger partial charge in [0.25, 0.3) is 11.7 Å². The Morgan fingerprint density at radius 2 is 2.05 bits per heavy atom. The number of ketones is 1. The van der Waals surface area contributed by atoms with Crippen molar-refractivity contribution in [2.45, 2.75) is 13.3 Å². The summed E-state index contributed by atoms with van der Waals surface area (Å²) in [5, 5.41) is 0. The number of Topliss-reactive ketones (excluding diaryl/α,β-unsaturated/α-hetero) is 1. The molecule has 0 aliphatic carbocycles. The van der Waals surface area contributed by atoms with Gasteiger partial charge in [-0.2, -0.15) is 0 Å². The number of hydrogen-bond donors (Lipinski definition) is 0. The molecular formula is C16H13FN2O2. The molecule has 0 unspecified atom stereocenters. The zero-order valence-electron chi connectivity index (χ0n) is 11.5.